The second-order valence-electron chi connectivity index (χ2n) is 6.67. The minimum atomic E-state index is -0.895. The van der Waals surface area contributed by atoms with Crippen LogP contribution < -0.4 is 0 Å². The van der Waals surface area contributed by atoms with E-state index in [2.05, 4.69) is 30.3 Å². The molecule has 2 aromatic rings. The molecule has 3 heteroatoms. The van der Waals surface area contributed by atoms with E-state index in [0.717, 1.165) is 25.1 Å². The van der Waals surface area contributed by atoms with Crippen LogP contribution in [0.2, 0.25) is 0 Å². The lowest BCUT2D eigenvalue weighted by Crippen LogP contribution is -2.48. The number of fused-ring (bicyclic) bond motifs is 1. The molecule has 1 aliphatic heterocycles. The van der Waals surface area contributed by atoms with E-state index in [4.69, 9.17) is 0 Å². The van der Waals surface area contributed by atoms with E-state index in [9.17, 15) is 9.90 Å². The molecule has 114 valence electrons. The number of carbonyl (C=O) groups is 1. The highest BCUT2D eigenvalue weighted by atomic mass is 16.3. The molecule has 1 saturated carbocycles. The molecule has 1 heterocycles. The maximum absolute atomic E-state index is 12.4. The van der Waals surface area contributed by atoms with Crippen LogP contribution in [0.25, 0.3) is 10.8 Å². The molecule has 1 N–H and O–H groups in total. The first-order valence-corrected chi connectivity index (χ1v) is 8.18. The van der Waals surface area contributed by atoms with E-state index in [0.29, 0.717) is 5.92 Å². The van der Waals surface area contributed by atoms with Crippen molar-refractivity contribution in [1.29, 1.82) is 0 Å². The highest BCUT2D eigenvalue weighted by molar-refractivity contribution is 5.85. The normalized spacial score (nSPS) is 25.7. The molecule has 0 radical (unpaired) electrons. The molecule has 2 atom stereocenters. The van der Waals surface area contributed by atoms with Crippen LogP contribution >= 0.6 is 0 Å². The number of nitrogens with zero attached hydrogens (tertiary/aromatic N) is 1. The predicted molar refractivity (Wildman–Crippen MR) is 86.6 cm³/mol. The highest BCUT2D eigenvalue weighted by Crippen LogP contribution is 2.34. The van der Waals surface area contributed by atoms with Gasteiger partial charge in [-0.3, -0.25) is 4.79 Å². The maximum Gasteiger partial charge on any atom is 0.252 e. The summed E-state index contributed by atoms with van der Waals surface area (Å²) in [6.07, 6.45) is 2.41. The number of amides is 1. The lowest BCUT2D eigenvalue weighted by molar-refractivity contribution is -0.145. The Morgan fingerprint density at radius 2 is 1.82 bits per heavy atom. The summed E-state index contributed by atoms with van der Waals surface area (Å²) in [5.41, 5.74) is 1.07. The molecule has 2 unspecified atom stereocenters. The van der Waals surface area contributed by atoms with Crippen molar-refractivity contribution in [3.63, 3.8) is 0 Å². The average molecular weight is 295 g/mol. The van der Waals surface area contributed by atoms with Gasteiger partial charge in [-0.05, 0) is 41.5 Å². The molecule has 2 aliphatic rings. The fourth-order valence-electron chi connectivity index (χ4n) is 3.50. The minimum absolute atomic E-state index is 0.0763. The van der Waals surface area contributed by atoms with Crippen LogP contribution in [-0.2, 0) is 4.79 Å². The van der Waals surface area contributed by atoms with E-state index in [1.165, 1.54) is 23.6 Å². The summed E-state index contributed by atoms with van der Waals surface area (Å²) >= 11 is 0. The van der Waals surface area contributed by atoms with E-state index in [-0.39, 0.29) is 11.8 Å². The number of benzene rings is 2. The monoisotopic (exact) mass is 295 g/mol. The van der Waals surface area contributed by atoms with Crippen LogP contribution in [0.5, 0.6) is 0 Å². The number of piperidine rings is 1. The number of rotatable bonds is 3. The van der Waals surface area contributed by atoms with Crippen molar-refractivity contribution in [1.82, 2.24) is 4.90 Å². The molecule has 2 aromatic carbocycles. The van der Waals surface area contributed by atoms with Crippen molar-refractivity contribution in [2.75, 3.05) is 13.1 Å². The van der Waals surface area contributed by atoms with Gasteiger partial charge in [-0.15, -0.1) is 0 Å². The number of aliphatic hydroxyl groups excluding tert-OH is 1. The van der Waals surface area contributed by atoms with Gasteiger partial charge < -0.3 is 10.0 Å². The van der Waals surface area contributed by atoms with Crippen LogP contribution in [0.1, 0.15) is 30.7 Å². The quantitative estimate of drug-likeness (QED) is 0.946. The Kier molecular flexibility index (Phi) is 3.38. The van der Waals surface area contributed by atoms with E-state index in [1.54, 1.807) is 0 Å². The van der Waals surface area contributed by atoms with Crippen LogP contribution in [0, 0.1) is 5.92 Å². The largest absolute Gasteiger partial charge is 0.383 e. The zero-order valence-electron chi connectivity index (χ0n) is 12.6. The molecular formula is C19H21NO2. The van der Waals surface area contributed by atoms with Gasteiger partial charge in [0.1, 0.15) is 6.10 Å². The highest BCUT2D eigenvalue weighted by Gasteiger charge is 2.38. The first-order chi connectivity index (χ1) is 10.7. The predicted octanol–water partition coefficient (Wildman–Crippen LogP) is 2.93. The third kappa shape index (κ3) is 2.50. The smallest absolute Gasteiger partial charge is 0.252 e. The second kappa shape index (κ2) is 5.40. The number of hydrogen-bond donors (Lipinski definition) is 1. The number of hydrogen-bond acceptors (Lipinski definition) is 2. The van der Waals surface area contributed by atoms with Crippen molar-refractivity contribution in [2.45, 2.75) is 31.3 Å². The first-order valence-electron chi connectivity index (χ1n) is 8.18. The van der Waals surface area contributed by atoms with Gasteiger partial charge in [-0.25, -0.2) is 0 Å². The topological polar surface area (TPSA) is 40.5 Å². The molecule has 1 aliphatic carbocycles. The molecule has 1 saturated heterocycles. The second-order valence-corrected chi connectivity index (χ2v) is 6.67. The molecular weight excluding hydrogens is 274 g/mol. The Hall–Kier alpha value is -1.87. The van der Waals surface area contributed by atoms with Gasteiger partial charge in [0.15, 0.2) is 0 Å². The third-order valence-electron chi connectivity index (χ3n) is 5.03. The van der Waals surface area contributed by atoms with Crippen molar-refractivity contribution in [3.05, 3.63) is 48.0 Å². The average Bonchev–Trinajstić information content (AvgIpc) is 3.36. The summed E-state index contributed by atoms with van der Waals surface area (Å²) in [5.74, 6) is 0.511. The molecule has 22 heavy (non-hydrogen) atoms. The molecule has 2 fully saturated rings. The summed E-state index contributed by atoms with van der Waals surface area (Å²) in [6.45, 7) is 1.60. The third-order valence-corrected chi connectivity index (χ3v) is 5.03. The molecule has 0 bridgehead atoms. The molecule has 0 aromatic heterocycles. The first kappa shape index (κ1) is 13.8. The summed E-state index contributed by atoms with van der Waals surface area (Å²) in [6, 6.07) is 14.5. The van der Waals surface area contributed by atoms with Crippen LogP contribution in [0.4, 0.5) is 0 Å². The van der Waals surface area contributed by atoms with Crippen molar-refractivity contribution < 1.29 is 9.90 Å². The van der Waals surface area contributed by atoms with E-state index >= 15 is 0 Å². The molecule has 4 rings (SSSR count). The molecule has 3 nitrogen and oxygen atoms in total. The summed E-state index contributed by atoms with van der Waals surface area (Å²) < 4.78 is 0. The lowest BCUT2D eigenvalue weighted by atomic mass is 9.85. The van der Waals surface area contributed by atoms with Gasteiger partial charge in [-0.2, -0.15) is 0 Å². The Morgan fingerprint density at radius 3 is 2.59 bits per heavy atom. The summed E-state index contributed by atoms with van der Waals surface area (Å²) in [7, 11) is 0. The van der Waals surface area contributed by atoms with Gasteiger partial charge in [0, 0.05) is 19.0 Å². The van der Waals surface area contributed by atoms with Gasteiger partial charge in [0.25, 0.3) is 5.91 Å². The number of carbonyl (C=O) groups excluding carboxylic acids is 1. The lowest BCUT2D eigenvalue weighted by Gasteiger charge is -2.35. The van der Waals surface area contributed by atoms with Crippen LogP contribution in [-0.4, -0.2) is 35.1 Å². The van der Waals surface area contributed by atoms with Gasteiger partial charge in [0.05, 0.1) is 0 Å². The SMILES string of the molecule is O=C1C(O)C(c2ccc3ccccc3c2)CCN1CC1CC1. The Bertz CT molecular complexity index is 707. The van der Waals surface area contributed by atoms with Crippen LogP contribution in [0.3, 0.4) is 0 Å². The van der Waals surface area contributed by atoms with Gasteiger partial charge >= 0.3 is 0 Å². The van der Waals surface area contributed by atoms with Crippen molar-refractivity contribution in [3.8, 4) is 0 Å². The molecule has 1 amide bonds. The van der Waals surface area contributed by atoms with Gasteiger partial charge in [-0.1, -0.05) is 42.5 Å². The zero-order valence-corrected chi connectivity index (χ0v) is 12.6. The Labute approximate surface area is 130 Å². The zero-order chi connectivity index (χ0) is 15.1. The number of aliphatic hydroxyl groups is 1. The molecule has 0 spiro atoms. The van der Waals surface area contributed by atoms with E-state index < -0.39 is 6.10 Å². The fraction of sp³-hybridized carbons (Fsp3) is 0.421. The fourth-order valence-corrected chi connectivity index (χ4v) is 3.50. The van der Waals surface area contributed by atoms with Gasteiger partial charge in [0.2, 0.25) is 0 Å². The Morgan fingerprint density at radius 1 is 1.05 bits per heavy atom. The Balaban J connectivity index is 1.57. The van der Waals surface area contributed by atoms with Crippen molar-refractivity contribution in [2.24, 2.45) is 5.92 Å². The van der Waals surface area contributed by atoms with Crippen LogP contribution in [0.15, 0.2) is 42.5 Å². The van der Waals surface area contributed by atoms with E-state index in [1.807, 2.05) is 17.0 Å². The summed E-state index contributed by atoms with van der Waals surface area (Å²) in [5, 5.41) is 12.8. The minimum Gasteiger partial charge on any atom is -0.383 e. The standard InChI is InChI=1S/C19H21NO2/c21-18-17(9-10-20(19(18)22)12-13-5-6-13)16-8-7-14-3-1-2-4-15(14)11-16/h1-4,7-8,11,13,17-18,21H,5-6,9-10,12H2. The van der Waals surface area contributed by atoms with Crippen molar-refractivity contribution >= 4 is 16.7 Å². The summed E-state index contributed by atoms with van der Waals surface area (Å²) in [4.78, 5) is 14.3. The maximum atomic E-state index is 12.4. The number of likely N-dealkylation sites (tertiary alicyclic amines) is 1.